The first kappa shape index (κ1) is 20.9. The summed E-state index contributed by atoms with van der Waals surface area (Å²) in [6.45, 7) is 2.86. The smallest absolute Gasteiger partial charge is 0.222 e. The second kappa shape index (κ2) is 9.22. The van der Waals surface area contributed by atoms with E-state index >= 15 is 0 Å². The number of nitrogens with zero attached hydrogens (tertiary/aromatic N) is 3. The van der Waals surface area contributed by atoms with Gasteiger partial charge in [-0.25, -0.2) is 4.98 Å². The standard InChI is InChI=1S/C24H29N5O2/c1-3-8-17(13-14-30)26-23-22-21(27-24(25)28-23)18-10-5-6-11-19(18)29(22)15-16-9-4-7-12-20(16)31-2/h4-7,9-12,17,30H,3,8,13-15H2,1-2H3,(H3,25,26,27,28)/t17-/m0/s1. The number of aliphatic hydroxyl groups is 1. The molecule has 0 saturated heterocycles. The van der Waals surface area contributed by atoms with Crippen molar-refractivity contribution in [3.05, 3.63) is 54.1 Å². The van der Waals surface area contributed by atoms with E-state index in [-0.39, 0.29) is 18.6 Å². The number of anilines is 2. The number of aliphatic hydroxyl groups excluding tert-OH is 1. The molecular weight excluding hydrogens is 390 g/mol. The number of nitrogen functional groups attached to an aromatic ring is 1. The minimum atomic E-state index is 0.102. The van der Waals surface area contributed by atoms with E-state index in [0.717, 1.165) is 46.1 Å². The van der Waals surface area contributed by atoms with Crippen molar-refractivity contribution in [3.63, 3.8) is 0 Å². The number of para-hydroxylation sites is 2. The van der Waals surface area contributed by atoms with Crippen molar-refractivity contribution in [3.8, 4) is 5.75 Å². The topological polar surface area (TPSA) is 98.2 Å². The molecule has 0 fully saturated rings. The maximum Gasteiger partial charge on any atom is 0.222 e. The number of aromatic nitrogens is 3. The van der Waals surface area contributed by atoms with Crippen molar-refractivity contribution in [2.24, 2.45) is 0 Å². The van der Waals surface area contributed by atoms with Gasteiger partial charge >= 0.3 is 0 Å². The maximum atomic E-state index is 9.51. The zero-order valence-corrected chi connectivity index (χ0v) is 18.0. The SMILES string of the molecule is CCC[C@@H](CCO)Nc1nc(N)nc2c3ccccc3n(Cc3ccccc3OC)c12. The van der Waals surface area contributed by atoms with Crippen molar-refractivity contribution < 1.29 is 9.84 Å². The molecule has 162 valence electrons. The zero-order valence-electron chi connectivity index (χ0n) is 18.0. The third-order valence-corrected chi connectivity index (χ3v) is 5.60. The molecule has 4 N–H and O–H groups in total. The molecule has 0 aliphatic carbocycles. The Morgan fingerprint density at radius 1 is 1.10 bits per heavy atom. The molecule has 0 amide bonds. The average molecular weight is 420 g/mol. The van der Waals surface area contributed by atoms with E-state index in [9.17, 15) is 5.11 Å². The van der Waals surface area contributed by atoms with Gasteiger partial charge in [-0.2, -0.15) is 4.98 Å². The van der Waals surface area contributed by atoms with Crippen LogP contribution >= 0.6 is 0 Å². The zero-order chi connectivity index (χ0) is 21.8. The molecule has 0 aliphatic heterocycles. The fourth-order valence-electron chi connectivity index (χ4n) is 4.20. The van der Waals surface area contributed by atoms with E-state index in [1.54, 1.807) is 7.11 Å². The number of ether oxygens (including phenoxy) is 1. The third-order valence-electron chi connectivity index (χ3n) is 5.60. The Labute approximate surface area is 181 Å². The third kappa shape index (κ3) is 4.14. The molecule has 31 heavy (non-hydrogen) atoms. The second-order valence-corrected chi connectivity index (χ2v) is 7.68. The van der Waals surface area contributed by atoms with Crippen LogP contribution in [0.4, 0.5) is 11.8 Å². The Morgan fingerprint density at radius 3 is 2.65 bits per heavy atom. The minimum absolute atomic E-state index is 0.102. The van der Waals surface area contributed by atoms with Gasteiger partial charge in [-0.1, -0.05) is 49.7 Å². The predicted octanol–water partition coefficient (Wildman–Crippen LogP) is 4.19. The van der Waals surface area contributed by atoms with Gasteiger partial charge in [0.1, 0.15) is 16.8 Å². The van der Waals surface area contributed by atoms with E-state index in [2.05, 4.69) is 45.0 Å². The first-order chi connectivity index (χ1) is 15.2. The van der Waals surface area contributed by atoms with E-state index < -0.39 is 0 Å². The minimum Gasteiger partial charge on any atom is -0.496 e. The van der Waals surface area contributed by atoms with Crippen LogP contribution in [0.5, 0.6) is 5.75 Å². The van der Waals surface area contributed by atoms with Gasteiger partial charge in [-0.15, -0.1) is 0 Å². The van der Waals surface area contributed by atoms with Gasteiger partial charge in [0.15, 0.2) is 5.82 Å². The predicted molar refractivity (Wildman–Crippen MR) is 126 cm³/mol. The Morgan fingerprint density at radius 2 is 1.87 bits per heavy atom. The van der Waals surface area contributed by atoms with Crippen molar-refractivity contribution in [1.82, 2.24) is 14.5 Å². The van der Waals surface area contributed by atoms with E-state index in [0.29, 0.717) is 18.8 Å². The van der Waals surface area contributed by atoms with Crippen LogP contribution in [-0.4, -0.2) is 39.4 Å². The molecule has 7 nitrogen and oxygen atoms in total. The van der Waals surface area contributed by atoms with Gasteiger partial charge in [0.2, 0.25) is 5.95 Å². The number of nitrogens with two attached hydrogens (primary N) is 1. The fourth-order valence-corrected chi connectivity index (χ4v) is 4.20. The van der Waals surface area contributed by atoms with Crippen molar-refractivity contribution in [2.45, 2.75) is 38.8 Å². The summed E-state index contributed by atoms with van der Waals surface area (Å²) in [7, 11) is 1.69. The molecule has 4 aromatic rings. The van der Waals surface area contributed by atoms with Crippen molar-refractivity contribution >= 4 is 33.7 Å². The van der Waals surface area contributed by atoms with E-state index in [1.165, 1.54) is 0 Å². The molecule has 1 atom stereocenters. The maximum absolute atomic E-state index is 9.51. The second-order valence-electron chi connectivity index (χ2n) is 7.68. The van der Waals surface area contributed by atoms with Crippen molar-refractivity contribution in [1.29, 1.82) is 0 Å². The quantitative estimate of drug-likeness (QED) is 0.376. The normalized spacial score (nSPS) is 12.4. The Bertz CT molecular complexity index is 1180. The largest absolute Gasteiger partial charge is 0.496 e. The fraction of sp³-hybridized carbons (Fsp3) is 0.333. The first-order valence-electron chi connectivity index (χ1n) is 10.7. The number of fused-ring (bicyclic) bond motifs is 3. The molecule has 0 spiro atoms. The number of hydrogen-bond donors (Lipinski definition) is 3. The number of rotatable bonds is 9. The number of methoxy groups -OCH3 is 1. The Balaban J connectivity index is 1.92. The molecule has 2 aromatic heterocycles. The lowest BCUT2D eigenvalue weighted by molar-refractivity contribution is 0.276. The van der Waals surface area contributed by atoms with Gasteiger partial charge in [-0.3, -0.25) is 0 Å². The molecule has 0 unspecified atom stereocenters. The monoisotopic (exact) mass is 419 g/mol. The van der Waals surface area contributed by atoms with Gasteiger partial charge in [0.05, 0.1) is 19.2 Å². The first-order valence-corrected chi connectivity index (χ1v) is 10.7. The molecule has 2 heterocycles. The van der Waals surface area contributed by atoms with Crippen LogP contribution in [0.3, 0.4) is 0 Å². The van der Waals surface area contributed by atoms with Gasteiger partial charge in [0.25, 0.3) is 0 Å². The number of hydrogen-bond acceptors (Lipinski definition) is 6. The highest BCUT2D eigenvalue weighted by atomic mass is 16.5. The van der Waals surface area contributed by atoms with E-state index in [1.807, 2.05) is 30.3 Å². The molecule has 0 aliphatic rings. The summed E-state index contributed by atoms with van der Waals surface area (Å²) < 4.78 is 7.80. The van der Waals surface area contributed by atoms with Crippen LogP contribution in [0, 0.1) is 0 Å². The Hall–Kier alpha value is -3.32. The van der Waals surface area contributed by atoms with Crippen LogP contribution < -0.4 is 15.8 Å². The van der Waals surface area contributed by atoms with E-state index in [4.69, 9.17) is 10.5 Å². The highest BCUT2D eigenvalue weighted by molar-refractivity contribution is 6.09. The van der Waals surface area contributed by atoms with Gasteiger partial charge in [0, 0.05) is 23.6 Å². The Kier molecular flexibility index (Phi) is 6.23. The molecule has 0 radical (unpaired) electrons. The molecule has 7 heteroatoms. The lowest BCUT2D eigenvalue weighted by Crippen LogP contribution is -2.22. The molecule has 2 aromatic carbocycles. The average Bonchev–Trinajstić information content (AvgIpc) is 3.08. The van der Waals surface area contributed by atoms with Crippen molar-refractivity contribution in [2.75, 3.05) is 24.8 Å². The summed E-state index contributed by atoms with van der Waals surface area (Å²) in [5.41, 5.74) is 9.95. The molecular formula is C24H29N5O2. The lowest BCUT2D eigenvalue weighted by Gasteiger charge is -2.19. The van der Waals surface area contributed by atoms with Gasteiger partial charge in [-0.05, 0) is 25.0 Å². The van der Waals surface area contributed by atoms with Crippen LogP contribution in [0.1, 0.15) is 31.7 Å². The van der Waals surface area contributed by atoms with Crippen LogP contribution in [0.2, 0.25) is 0 Å². The summed E-state index contributed by atoms with van der Waals surface area (Å²) in [6.07, 6.45) is 2.58. The van der Waals surface area contributed by atoms with Crippen LogP contribution in [0.25, 0.3) is 21.9 Å². The molecule has 0 bridgehead atoms. The lowest BCUT2D eigenvalue weighted by atomic mass is 10.1. The highest BCUT2D eigenvalue weighted by Gasteiger charge is 2.20. The molecule has 0 saturated carbocycles. The molecule has 4 rings (SSSR count). The summed E-state index contributed by atoms with van der Waals surface area (Å²) in [6, 6.07) is 16.3. The summed E-state index contributed by atoms with van der Waals surface area (Å²) >= 11 is 0. The summed E-state index contributed by atoms with van der Waals surface area (Å²) in [4.78, 5) is 9.16. The summed E-state index contributed by atoms with van der Waals surface area (Å²) in [5, 5.41) is 14.1. The van der Waals surface area contributed by atoms with Gasteiger partial charge < -0.3 is 25.5 Å². The number of benzene rings is 2. The van der Waals surface area contributed by atoms with Crippen LogP contribution in [0.15, 0.2) is 48.5 Å². The highest BCUT2D eigenvalue weighted by Crippen LogP contribution is 2.34. The van der Waals surface area contributed by atoms with Crippen LogP contribution in [-0.2, 0) is 6.54 Å². The number of nitrogens with one attached hydrogen (secondary N) is 1. The summed E-state index contributed by atoms with van der Waals surface area (Å²) in [5.74, 6) is 1.76.